The number of ether oxygens (including phenoxy) is 1. The summed E-state index contributed by atoms with van der Waals surface area (Å²) in [5, 5.41) is 4.30. The summed E-state index contributed by atoms with van der Waals surface area (Å²) in [5.74, 6) is 0.954. The maximum atomic E-state index is 5.91. The average Bonchev–Trinajstić information content (AvgIpc) is 3.29. The van der Waals surface area contributed by atoms with Crippen molar-refractivity contribution in [3.8, 4) is 5.75 Å². The fourth-order valence-electron chi connectivity index (χ4n) is 3.23. The fourth-order valence-corrected chi connectivity index (χ4v) is 3.23. The van der Waals surface area contributed by atoms with Crippen molar-refractivity contribution in [2.24, 2.45) is 0 Å². The molecule has 0 spiro atoms. The third kappa shape index (κ3) is 2.35. The third-order valence-electron chi connectivity index (χ3n) is 4.59. The molecule has 4 heteroatoms. The molecule has 2 aromatic carbocycles. The van der Waals surface area contributed by atoms with Gasteiger partial charge in [0.2, 0.25) is 0 Å². The van der Waals surface area contributed by atoms with Gasteiger partial charge in [0.25, 0.3) is 0 Å². The molecule has 0 aromatic heterocycles. The maximum Gasteiger partial charge on any atom is 0.121 e. The summed E-state index contributed by atoms with van der Waals surface area (Å²) >= 11 is 0. The molecule has 2 aromatic rings. The lowest BCUT2D eigenvalue weighted by atomic mass is 9.98. The van der Waals surface area contributed by atoms with Crippen molar-refractivity contribution in [1.29, 1.82) is 0 Å². The van der Waals surface area contributed by atoms with Crippen LogP contribution in [0.1, 0.15) is 24.0 Å². The molecule has 5 rings (SSSR count). The van der Waals surface area contributed by atoms with E-state index >= 15 is 0 Å². The molecule has 0 unspecified atom stereocenters. The van der Waals surface area contributed by atoms with Crippen LogP contribution < -0.4 is 15.3 Å². The summed E-state index contributed by atoms with van der Waals surface area (Å²) in [6.07, 6.45) is 6.03. The molecule has 0 amide bonds. The molecule has 2 aliphatic heterocycles. The van der Waals surface area contributed by atoms with Gasteiger partial charge in [0, 0.05) is 24.4 Å². The summed E-state index contributed by atoms with van der Waals surface area (Å²) in [6, 6.07) is 16.9. The zero-order valence-electron chi connectivity index (χ0n) is 12.9. The first-order chi connectivity index (χ1) is 11.4. The van der Waals surface area contributed by atoms with Crippen molar-refractivity contribution >= 4 is 11.4 Å². The van der Waals surface area contributed by atoms with Gasteiger partial charge < -0.3 is 4.74 Å². The Bertz CT molecular complexity index is 782. The van der Waals surface area contributed by atoms with E-state index in [1.807, 2.05) is 6.07 Å². The SMILES string of the molecule is C1=C2c3ccccc3CCN2NN1c1cccc(OC2CC2)c1. The van der Waals surface area contributed by atoms with Gasteiger partial charge >= 0.3 is 0 Å². The Kier molecular flexibility index (Phi) is 2.85. The number of fused-ring (bicyclic) bond motifs is 3. The van der Waals surface area contributed by atoms with Gasteiger partial charge in [-0.25, -0.2) is 0 Å². The number of benzene rings is 2. The second-order valence-electron chi connectivity index (χ2n) is 6.36. The van der Waals surface area contributed by atoms with E-state index in [0.717, 1.165) is 24.4 Å². The number of hydrogen-bond acceptors (Lipinski definition) is 4. The van der Waals surface area contributed by atoms with E-state index in [1.54, 1.807) is 0 Å². The number of anilines is 1. The standard InChI is InChI=1S/C19H19N3O/c1-2-7-18-14(4-1)10-11-21-19(18)13-22(20-21)15-5-3-6-17(12-15)23-16-8-9-16/h1-7,12-13,16,20H,8-11H2. The van der Waals surface area contributed by atoms with Crippen LogP contribution in [-0.4, -0.2) is 17.7 Å². The molecule has 1 saturated carbocycles. The molecule has 2 heterocycles. The second-order valence-corrected chi connectivity index (χ2v) is 6.36. The lowest BCUT2D eigenvalue weighted by molar-refractivity contribution is 0.300. The molecule has 0 radical (unpaired) electrons. The zero-order valence-corrected chi connectivity index (χ0v) is 12.9. The third-order valence-corrected chi connectivity index (χ3v) is 4.59. The summed E-state index contributed by atoms with van der Waals surface area (Å²) in [4.78, 5) is 0. The highest BCUT2D eigenvalue weighted by atomic mass is 16.5. The monoisotopic (exact) mass is 305 g/mol. The van der Waals surface area contributed by atoms with Crippen molar-refractivity contribution in [1.82, 2.24) is 10.5 Å². The van der Waals surface area contributed by atoms with Gasteiger partial charge in [-0.1, -0.05) is 30.3 Å². The quantitative estimate of drug-likeness (QED) is 0.941. The molecule has 1 fully saturated rings. The summed E-state index contributed by atoms with van der Waals surface area (Å²) < 4.78 is 5.91. The van der Waals surface area contributed by atoms with Gasteiger partial charge in [0.15, 0.2) is 0 Å². The molecule has 1 aliphatic carbocycles. The van der Waals surface area contributed by atoms with Crippen LogP contribution in [0.3, 0.4) is 0 Å². The number of hydrazine groups is 2. The largest absolute Gasteiger partial charge is 0.490 e. The van der Waals surface area contributed by atoms with E-state index in [0.29, 0.717) is 6.10 Å². The Hall–Kier alpha value is -2.46. The summed E-state index contributed by atoms with van der Waals surface area (Å²) in [5.41, 5.74) is 8.54. The van der Waals surface area contributed by atoms with E-state index in [2.05, 4.69) is 64.2 Å². The second kappa shape index (κ2) is 5.03. The Labute approximate surface area is 135 Å². The van der Waals surface area contributed by atoms with Crippen LogP contribution in [0, 0.1) is 0 Å². The molecular formula is C19H19N3O. The molecule has 4 nitrogen and oxygen atoms in total. The maximum absolute atomic E-state index is 5.91. The Morgan fingerprint density at radius 3 is 2.87 bits per heavy atom. The molecule has 116 valence electrons. The van der Waals surface area contributed by atoms with Crippen LogP contribution in [0.25, 0.3) is 5.70 Å². The molecule has 3 aliphatic rings. The van der Waals surface area contributed by atoms with Gasteiger partial charge in [-0.05, 0) is 37.0 Å². The van der Waals surface area contributed by atoms with E-state index < -0.39 is 0 Å². The number of nitrogens with one attached hydrogen (secondary N) is 1. The Morgan fingerprint density at radius 2 is 1.96 bits per heavy atom. The lowest BCUT2D eigenvalue weighted by Crippen LogP contribution is -2.42. The highest BCUT2D eigenvalue weighted by Gasteiger charge is 2.28. The number of nitrogens with zero attached hydrogens (tertiary/aromatic N) is 2. The van der Waals surface area contributed by atoms with Gasteiger partial charge in [-0.3, -0.25) is 10.0 Å². The Balaban J connectivity index is 1.46. The van der Waals surface area contributed by atoms with Crippen LogP contribution >= 0.6 is 0 Å². The number of hydrogen-bond donors (Lipinski definition) is 1. The molecule has 0 bridgehead atoms. The van der Waals surface area contributed by atoms with Gasteiger partial charge in [0.1, 0.15) is 5.75 Å². The van der Waals surface area contributed by atoms with Crippen LogP contribution in [-0.2, 0) is 6.42 Å². The first-order valence-electron chi connectivity index (χ1n) is 8.27. The van der Waals surface area contributed by atoms with Crippen molar-refractivity contribution in [2.75, 3.05) is 11.6 Å². The van der Waals surface area contributed by atoms with Crippen molar-refractivity contribution in [3.05, 3.63) is 65.9 Å². The van der Waals surface area contributed by atoms with E-state index in [-0.39, 0.29) is 0 Å². The topological polar surface area (TPSA) is 27.7 Å². The number of rotatable bonds is 3. The van der Waals surface area contributed by atoms with Crippen molar-refractivity contribution in [2.45, 2.75) is 25.4 Å². The van der Waals surface area contributed by atoms with Gasteiger partial charge in [-0.15, -0.1) is 5.53 Å². The summed E-state index contributed by atoms with van der Waals surface area (Å²) in [6.45, 7) is 0.984. The molecule has 1 N–H and O–H groups in total. The normalized spacial score (nSPS) is 19.2. The van der Waals surface area contributed by atoms with Crippen LogP contribution in [0.5, 0.6) is 5.75 Å². The van der Waals surface area contributed by atoms with E-state index in [4.69, 9.17) is 4.74 Å². The highest BCUT2D eigenvalue weighted by Crippen LogP contribution is 2.34. The molecule has 0 saturated heterocycles. The minimum Gasteiger partial charge on any atom is -0.490 e. The Morgan fingerprint density at radius 1 is 1.04 bits per heavy atom. The van der Waals surface area contributed by atoms with Crippen LogP contribution in [0.15, 0.2) is 54.7 Å². The van der Waals surface area contributed by atoms with Crippen molar-refractivity contribution < 1.29 is 4.74 Å². The van der Waals surface area contributed by atoms with E-state index in [9.17, 15) is 0 Å². The highest BCUT2D eigenvalue weighted by molar-refractivity contribution is 5.73. The fraction of sp³-hybridized carbons (Fsp3) is 0.263. The minimum absolute atomic E-state index is 0.424. The predicted molar refractivity (Wildman–Crippen MR) is 90.5 cm³/mol. The van der Waals surface area contributed by atoms with Gasteiger partial charge in [-0.2, -0.15) is 0 Å². The van der Waals surface area contributed by atoms with Gasteiger partial charge in [0.05, 0.1) is 17.5 Å². The predicted octanol–water partition coefficient (Wildman–Crippen LogP) is 3.32. The zero-order chi connectivity index (χ0) is 15.2. The van der Waals surface area contributed by atoms with Crippen LogP contribution in [0.4, 0.5) is 5.69 Å². The lowest BCUT2D eigenvalue weighted by Gasteiger charge is -2.29. The first kappa shape index (κ1) is 13.0. The molecule has 23 heavy (non-hydrogen) atoms. The smallest absolute Gasteiger partial charge is 0.121 e. The molecular weight excluding hydrogens is 286 g/mol. The average molecular weight is 305 g/mol. The first-order valence-corrected chi connectivity index (χ1v) is 8.27. The minimum atomic E-state index is 0.424. The van der Waals surface area contributed by atoms with Crippen LogP contribution in [0.2, 0.25) is 0 Å². The van der Waals surface area contributed by atoms with E-state index in [1.165, 1.54) is 29.7 Å². The molecule has 0 atom stereocenters. The summed E-state index contributed by atoms with van der Waals surface area (Å²) in [7, 11) is 0. The van der Waals surface area contributed by atoms with Crippen molar-refractivity contribution in [3.63, 3.8) is 0 Å².